The van der Waals surface area contributed by atoms with E-state index in [2.05, 4.69) is 10.3 Å². The van der Waals surface area contributed by atoms with E-state index < -0.39 is 11.4 Å². The van der Waals surface area contributed by atoms with Gasteiger partial charge in [-0.3, -0.25) is 4.79 Å². The van der Waals surface area contributed by atoms with Crippen LogP contribution in [0.3, 0.4) is 0 Å². The molecule has 7 heteroatoms. The second-order valence-corrected chi connectivity index (χ2v) is 5.07. The lowest BCUT2D eigenvalue weighted by atomic mass is 9.90. The number of urea groups is 1. The first kappa shape index (κ1) is 13.4. The zero-order chi connectivity index (χ0) is 13.9. The van der Waals surface area contributed by atoms with Crippen LogP contribution in [0, 0.1) is 5.41 Å². The van der Waals surface area contributed by atoms with Crippen molar-refractivity contribution in [3.63, 3.8) is 0 Å². The number of carboxylic acids is 1. The summed E-state index contributed by atoms with van der Waals surface area (Å²) in [7, 11) is 0. The summed E-state index contributed by atoms with van der Waals surface area (Å²) < 4.78 is 1.87. The minimum atomic E-state index is -0.846. The predicted octanol–water partition coefficient (Wildman–Crippen LogP) is 0.389. The van der Waals surface area contributed by atoms with Crippen molar-refractivity contribution < 1.29 is 14.7 Å². The Kier molecular flexibility index (Phi) is 3.73. The maximum absolute atomic E-state index is 11.9. The number of carbonyl (C=O) groups excluding carboxylic acids is 1. The van der Waals surface area contributed by atoms with Gasteiger partial charge in [0.1, 0.15) is 0 Å². The van der Waals surface area contributed by atoms with Crippen molar-refractivity contribution in [3.8, 4) is 0 Å². The summed E-state index contributed by atoms with van der Waals surface area (Å²) in [4.78, 5) is 28.4. The number of hydrogen-bond acceptors (Lipinski definition) is 3. The highest BCUT2D eigenvalue weighted by Gasteiger charge is 2.42. The summed E-state index contributed by atoms with van der Waals surface area (Å²) in [5.74, 6) is -0.846. The van der Waals surface area contributed by atoms with Crippen molar-refractivity contribution in [2.24, 2.45) is 5.41 Å². The van der Waals surface area contributed by atoms with Crippen LogP contribution in [0.2, 0.25) is 0 Å². The molecule has 104 valence electrons. The average molecular weight is 266 g/mol. The van der Waals surface area contributed by atoms with E-state index in [9.17, 15) is 9.59 Å². The summed E-state index contributed by atoms with van der Waals surface area (Å²) in [6.45, 7) is 3.57. The van der Waals surface area contributed by atoms with E-state index in [1.165, 1.54) is 0 Å². The molecule has 1 aromatic heterocycles. The van der Waals surface area contributed by atoms with Crippen LogP contribution in [-0.2, 0) is 11.3 Å². The van der Waals surface area contributed by atoms with Gasteiger partial charge >= 0.3 is 12.0 Å². The third-order valence-corrected chi connectivity index (χ3v) is 3.48. The highest BCUT2D eigenvalue weighted by molar-refractivity contribution is 5.79. The number of rotatable bonds is 4. The van der Waals surface area contributed by atoms with Crippen LogP contribution in [0.1, 0.15) is 13.3 Å². The number of aromatic nitrogens is 2. The van der Waals surface area contributed by atoms with Gasteiger partial charge in [-0.25, -0.2) is 9.78 Å². The SMILES string of the molecule is CC1(C(=O)O)CCN(C(=O)NCCn2ccnc2)C1. The van der Waals surface area contributed by atoms with Crippen molar-refractivity contribution in [1.82, 2.24) is 19.8 Å². The molecule has 0 aromatic carbocycles. The van der Waals surface area contributed by atoms with Gasteiger partial charge in [-0.05, 0) is 13.3 Å². The molecule has 1 aliphatic rings. The molecule has 19 heavy (non-hydrogen) atoms. The Labute approximate surface area is 111 Å². The Bertz CT molecular complexity index is 460. The molecule has 0 radical (unpaired) electrons. The molecule has 1 fully saturated rings. The highest BCUT2D eigenvalue weighted by Crippen LogP contribution is 2.29. The first-order valence-electron chi connectivity index (χ1n) is 6.23. The molecule has 2 amide bonds. The molecule has 0 spiro atoms. The van der Waals surface area contributed by atoms with Crippen LogP contribution in [0.4, 0.5) is 4.79 Å². The minimum absolute atomic E-state index is 0.204. The maximum atomic E-state index is 11.9. The Balaban J connectivity index is 1.77. The van der Waals surface area contributed by atoms with E-state index in [0.717, 1.165) is 0 Å². The van der Waals surface area contributed by atoms with Gasteiger partial charge in [0.2, 0.25) is 0 Å². The van der Waals surface area contributed by atoms with Gasteiger partial charge in [-0.15, -0.1) is 0 Å². The first-order chi connectivity index (χ1) is 9.01. The van der Waals surface area contributed by atoms with Crippen molar-refractivity contribution in [1.29, 1.82) is 0 Å². The molecule has 2 N–H and O–H groups in total. The molecule has 1 atom stereocenters. The molecule has 2 heterocycles. The van der Waals surface area contributed by atoms with E-state index in [1.807, 2.05) is 10.8 Å². The summed E-state index contributed by atoms with van der Waals surface area (Å²) >= 11 is 0. The molecule has 1 saturated heterocycles. The van der Waals surface area contributed by atoms with Crippen LogP contribution in [0.25, 0.3) is 0 Å². The predicted molar refractivity (Wildman–Crippen MR) is 67.6 cm³/mol. The maximum Gasteiger partial charge on any atom is 0.317 e. The number of aliphatic carboxylic acids is 1. The Morgan fingerprint density at radius 1 is 1.53 bits per heavy atom. The number of nitrogens with one attached hydrogen (secondary N) is 1. The standard InChI is InChI=1S/C12H18N4O3/c1-12(10(17)18)2-5-16(8-12)11(19)14-4-7-15-6-3-13-9-15/h3,6,9H,2,4-5,7-8H2,1H3,(H,14,19)(H,17,18). The summed E-state index contributed by atoms with van der Waals surface area (Å²) in [6.07, 6.45) is 5.69. The van der Waals surface area contributed by atoms with Crippen LogP contribution in [-0.4, -0.2) is 51.2 Å². The van der Waals surface area contributed by atoms with Gasteiger partial charge < -0.3 is 19.9 Å². The Morgan fingerprint density at radius 2 is 2.32 bits per heavy atom. The molecule has 2 rings (SSSR count). The fourth-order valence-corrected chi connectivity index (χ4v) is 2.13. The third-order valence-electron chi connectivity index (χ3n) is 3.48. The third kappa shape index (κ3) is 3.04. The Hall–Kier alpha value is -2.05. The summed E-state index contributed by atoms with van der Waals surface area (Å²) in [5, 5.41) is 11.9. The zero-order valence-corrected chi connectivity index (χ0v) is 10.9. The van der Waals surface area contributed by atoms with Crippen LogP contribution >= 0.6 is 0 Å². The van der Waals surface area contributed by atoms with E-state index >= 15 is 0 Å². The van der Waals surface area contributed by atoms with Crippen LogP contribution in [0.15, 0.2) is 18.7 Å². The molecule has 0 saturated carbocycles. The van der Waals surface area contributed by atoms with Crippen LogP contribution in [0.5, 0.6) is 0 Å². The van der Waals surface area contributed by atoms with Gasteiger partial charge in [-0.2, -0.15) is 0 Å². The molecule has 0 bridgehead atoms. The van der Waals surface area contributed by atoms with Gasteiger partial charge in [0.05, 0.1) is 11.7 Å². The van der Waals surface area contributed by atoms with Gasteiger partial charge in [0.15, 0.2) is 0 Å². The lowest BCUT2D eigenvalue weighted by Crippen LogP contribution is -2.41. The van der Waals surface area contributed by atoms with Crippen molar-refractivity contribution >= 4 is 12.0 Å². The van der Waals surface area contributed by atoms with Crippen molar-refractivity contribution in [2.45, 2.75) is 19.9 Å². The van der Waals surface area contributed by atoms with E-state index in [0.29, 0.717) is 26.1 Å². The fraction of sp³-hybridized carbons (Fsp3) is 0.583. The number of amides is 2. The van der Waals surface area contributed by atoms with Gasteiger partial charge in [-0.1, -0.05) is 0 Å². The highest BCUT2D eigenvalue weighted by atomic mass is 16.4. The fourth-order valence-electron chi connectivity index (χ4n) is 2.13. The molecule has 1 unspecified atom stereocenters. The zero-order valence-electron chi connectivity index (χ0n) is 10.9. The second-order valence-electron chi connectivity index (χ2n) is 5.07. The van der Waals surface area contributed by atoms with Gasteiger partial charge in [0.25, 0.3) is 0 Å². The van der Waals surface area contributed by atoms with E-state index in [4.69, 9.17) is 5.11 Å². The van der Waals surface area contributed by atoms with Gasteiger partial charge in [0, 0.05) is 38.6 Å². The number of nitrogens with zero attached hydrogens (tertiary/aromatic N) is 3. The van der Waals surface area contributed by atoms with Crippen molar-refractivity contribution in [2.75, 3.05) is 19.6 Å². The van der Waals surface area contributed by atoms with E-state index in [-0.39, 0.29) is 12.6 Å². The molecular weight excluding hydrogens is 248 g/mol. The molecular formula is C12H18N4O3. The minimum Gasteiger partial charge on any atom is -0.481 e. The normalized spacial score (nSPS) is 22.5. The lowest BCUT2D eigenvalue weighted by Gasteiger charge is -2.20. The average Bonchev–Trinajstić information content (AvgIpc) is 2.99. The number of imidazole rings is 1. The smallest absolute Gasteiger partial charge is 0.317 e. The summed E-state index contributed by atoms with van der Waals surface area (Å²) in [5.41, 5.74) is -0.818. The molecule has 1 aromatic rings. The quantitative estimate of drug-likeness (QED) is 0.825. The lowest BCUT2D eigenvalue weighted by molar-refractivity contribution is -0.146. The van der Waals surface area contributed by atoms with Crippen molar-refractivity contribution in [3.05, 3.63) is 18.7 Å². The van der Waals surface area contributed by atoms with Crippen LogP contribution < -0.4 is 5.32 Å². The molecule has 7 nitrogen and oxygen atoms in total. The number of likely N-dealkylation sites (tertiary alicyclic amines) is 1. The number of carbonyl (C=O) groups is 2. The molecule has 1 aliphatic heterocycles. The monoisotopic (exact) mass is 266 g/mol. The molecule has 0 aliphatic carbocycles. The topological polar surface area (TPSA) is 87.5 Å². The number of hydrogen-bond donors (Lipinski definition) is 2. The van der Waals surface area contributed by atoms with E-state index in [1.54, 1.807) is 24.3 Å². The summed E-state index contributed by atoms with van der Waals surface area (Å²) in [6, 6.07) is -0.204. The first-order valence-corrected chi connectivity index (χ1v) is 6.23. The second kappa shape index (κ2) is 5.29. The number of carboxylic acid groups (broad SMARTS) is 1. The largest absolute Gasteiger partial charge is 0.481 e. The Morgan fingerprint density at radius 3 is 2.89 bits per heavy atom.